The van der Waals surface area contributed by atoms with Gasteiger partial charge in [-0.2, -0.15) is 0 Å². The van der Waals surface area contributed by atoms with E-state index in [2.05, 4.69) is 10.0 Å². The van der Waals surface area contributed by atoms with Crippen LogP contribution in [0.4, 0.5) is 0 Å². The summed E-state index contributed by atoms with van der Waals surface area (Å²) in [5, 5.41) is 3.09. The van der Waals surface area contributed by atoms with Crippen LogP contribution >= 0.6 is 0 Å². The molecule has 0 aromatic carbocycles. The highest BCUT2D eigenvalue weighted by atomic mass is 32.2. The van der Waals surface area contributed by atoms with E-state index in [0.29, 0.717) is 13.2 Å². The lowest BCUT2D eigenvalue weighted by Crippen LogP contribution is -2.45. The first-order valence-corrected chi connectivity index (χ1v) is 6.47. The molecular weight excluding hydrogens is 204 g/mol. The first-order valence-electron chi connectivity index (χ1n) is 4.82. The molecule has 0 amide bonds. The maximum atomic E-state index is 11.5. The third kappa shape index (κ3) is 4.36. The Hall–Kier alpha value is -0.170. The Kier molecular flexibility index (Phi) is 4.31. The van der Waals surface area contributed by atoms with Crippen LogP contribution in [0.25, 0.3) is 0 Å². The average molecular weight is 222 g/mol. The van der Waals surface area contributed by atoms with Gasteiger partial charge in [0.15, 0.2) is 0 Å². The van der Waals surface area contributed by atoms with Gasteiger partial charge < -0.3 is 10.1 Å². The molecule has 0 radical (unpaired) electrons. The minimum absolute atomic E-state index is 0.0399. The van der Waals surface area contributed by atoms with E-state index in [9.17, 15) is 8.42 Å². The van der Waals surface area contributed by atoms with Gasteiger partial charge in [0.25, 0.3) is 0 Å². The molecule has 0 spiro atoms. The van der Waals surface area contributed by atoms with Crippen LogP contribution in [-0.2, 0) is 14.8 Å². The highest BCUT2D eigenvalue weighted by Crippen LogP contribution is 2.00. The molecule has 1 rings (SSSR count). The largest absolute Gasteiger partial charge is 0.374 e. The second kappa shape index (κ2) is 5.06. The fourth-order valence-electron chi connectivity index (χ4n) is 1.38. The normalized spacial score (nSPS) is 24.1. The zero-order valence-corrected chi connectivity index (χ0v) is 9.43. The molecule has 14 heavy (non-hydrogen) atoms. The van der Waals surface area contributed by atoms with Crippen LogP contribution in [0, 0.1) is 0 Å². The summed E-state index contributed by atoms with van der Waals surface area (Å²) in [6, 6.07) is -0.0588. The van der Waals surface area contributed by atoms with Crippen molar-refractivity contribution in [3.63, 3.8) is 0 Å². The van der Waals surface area contributed by atoms with Crippen molar-refractivity contribution in [2.24, 2.45) is 0 Å². The maximum Gasteiger partial charge on any atom is 0.214 e. The first kappa shape index (κ1) is 11.9. The third-order valence-electron chi connectivity index (χ3n) is 1.82. The highest BCUT2D eigenvalue weighted by Gasteiger charge is 2.22. The summed E-state index contributed by atoms with van der Waals surface area (Å²) in [5.74, 6) is 0.0399. The summed E-state index contributed by atoms with van der Waals surface area (Å²) in [4.78, 5) is 0. The number of sulfonamides is 1. The van der Waals surface area contributed by atoms with E-state index in [-0.39, 0.29) is 17.9 Å². The molecule has 0 aromatic rings. The fourth-order valence-corrected chi connectivity index (χ4v) is 2.90. The van der Waals surface area contributed by atoms with Gasteiger partial charge in [-0.05, 0) is 13.8 Å². The number of nitrogens with one attached hydrogen (secondary N) is 2. The summed E-state index contributed by atoms with van der Waals surface area (Å²) < 4.78 is 30.8. The standard InChI is InChI=1S/C8H18N2O3S/c1-7(2)10-14(11,12)6-8-5-9-3-4-13-8/h7-10H,3-6H2,1-2H3/t8-/m1/s1. The molecule has 0 unspecified atom stereocenters. The lowest BCUT2D eigenvalue weighted by Gasteiger charge is -2.23. The van der Waals surface area contributed by atoms with E-state index in [1.54, 1.807) is 13.8 Å². The molecular formula is C8H18N2O3S. The molecule has 1 atom stereocenters. The first-order chi connectivity index (χ1) is 6.49. The van der Waals surface area contributed by atoms with Gasteiger partial charge in [-0.3, -0.25) is 0 Å². The van der Waals surface area contributed by atoms with Gasteiger partial charge in [-0.25, -0.2) is 13.1 Å². The van der Waals surface area contributed by atoms with Gasteiger partial charge in [-0.1, -0.05) is 0 Å². The number of ether oxygens (including phenoxy) is 1. The number of hydrogen-bond acceptors (Lipinski definition) is 4. The van der Waals surface area contributed by atoms with Crippen molar-refractivity contribution in [1.82, 2.24) is 10.0 Å². The molecule has 0 saturated carbocycles. The Labute approximate surface area is 85.3 Å². The molecule has 0 aliphatic carbocycles. The monoisotopic (exact) mass is 222 g/mol. The summed E-state index contributed by atoms with van der Waals surface area (Å²) in [5.41, 5.74) is 0. The van der Waals surface area contributed by atoms with Crippen molar-refractivity contribution in [1.29, 1.82) is 0 Å². The summed E-state index contributed by atoms with van der Waals surface area (Å²) in [6.45, 7) is 5.60. The quantitative estimate of drug-likeness (QED) is 0.660. The molecule has 1 fully saturated rings. The van der Waals surface area contributed by atoms with E-state index in [0.717, 1.165) is 6.54 Å². The number of hydrogen-bond donors (Lipinski definition) is 2. The lowest BCUT2D eigenvalue weighted by molar-refractivity contribution is 0.0428. The molecule has 84 valence electrons. The molecule has 1 aliphatic heterocycles. The van der Waals surface area contributed by atoms with E-state index in [1.807, 2.05) is 0 Å². The van der Waals surface area contributed by atoms with E-state index in [4.69, 9.17) is 4.74 Å². The predicted octanol–water partition coefficient (Wildman–Crippen LogP) is -0.697. The second-order valence-electron chi connectivity index (χ2n) is 3.75. The zero-order chi connectivity index (χ0) is 10.6. The van der Waals surface area contributed by atoms with Gasteiger partial charge in [-0.15, -0.1) is 0 Å². The molecule has 6 heteroatoms. The zero-order valence-electron chi connectivity index (χ0n) is 8.62. The van der Waals surface area contributed by atoms with Crippen LogP contribution in [0.15, 0.2) is 0 Å². The topological polar surface area (TPSA) is 67.4 Å². The molecule has 0 bridgehead atoms. The van der Waals surface area contributed by atoms with Crippen LogP contribution in [0.5, 0.6) is 0 Å². The number of morpholine rings is 1. The fraction of sp³-hybridized carbons (Fsp3) is 1.00. The smallest absolute Gasteiger partial charge is 0.214 e. The van der Waals surface area contributed by atoms with Gasteiger partial charge in [0.05, 0.1) is 18.5 Å². The highest BCUT2D eigenvalue weighted by molar-refractivity contribution is 7.89. The van der Waals surface area contributed by atoms with Crippen LogP contribution < -0.4 is 10.0 Å². The van der Waals surface area contributed by atoms with Gasteiger partial charge in [0.1, 0.15) is 0 Å². The van der Waals surface area contributed by atoms with Gasteiger partial charge >= 0.3 is 0 Å². The molecule has 2 N–H and O–H groups in total. The number of rotatable bonds is 4. The molecule has 5 nitrogen and oxygen atoms in total. The van der Waals surface area contributed by atoms with Crippen LogP contribution in [-0.4, -0.2) is 46.0 Å². The van der Waals surface area contributed by atoms with Gasteiger partial charge in [0.2, 0.25) is 10.0 Å². The van der Waals surface area contributed by atoms with E-state index < -0.39 is 10.0 Å². The maximum absolute atomic E-state index is 11.5. The van der Waals surface area contributed by atoms with E-state index >= 15 is 0 Å². The van der Waals surface area contributed by atoms with Crippen molar-refractivity contribution in [2.75, 3.05) is 25.4 Å². The van der Waals surface area contributed by atoms with Crippen molar-refractivity contribution >= 4 is 10.0 Å². The van der Waals surface area contributed by atoms with Crippen LogP contribution in [0.1, 0.15) is 13.8 Å². The second-order valence-corrected chi connectivity index (χ2v) is 5.55. The molecule has 1 aliphatic rings. The van der Waals surface area contributed by atoms with Crippen molar-refractivity contribution in [3.05, 3.63) is 0 Å². The molecule has 0 aromatic heterocycles. The average Bonchev–Trinajstić information content (AvgIpc) is 2.02. The predicted molar refractivity (Wildman–Crippen MR) is 54.7 cm³/mol. The van der Waals surface area contributed by atoms with Gasteiger partial charge in [0, 0.05) is 19.1 Å². The summed E-state index contributed by atoms with van der Waals surface area (Å²) in [7, 11) is -3.20. The summed E-state index contributed by atoms with van der Waals surface area (Å²) >= 11 is 0. The SMILES string of the molecule is CC(C)NS(=O)(=O)C[C@H]1CNCCO1. The Morgan fingerprint density at radius 1 is 1.57 bits per heavy atom. The Bertz CT molecular complexity index is 258. The Balaban J connectivity index is 2.41. The van der Waals surface area contributed by atoms with E-state index in [1.165, 1.54) is 0 Å². The van der Waals surface area contributed by atoms with Crippen molar-refractivity contribution < 1.29 is 13.2 Å². The minimum Gasteiger partial charge on any atom is -0.374 e. The van der Waals surface area contributed by atoms with Crippen LogP contribution in [0.2, 0.25) is 0 Å². The molecule has 1 heterocycles. The minimum atomic E-state index is -3.20. The Morgan fingerprint density at radius 3 is 2.79 bits per heavy atom. The molecule has 1 saturated heterocycles. The third-order valence-corrected chi connectivity index (χ3v) is 3.47. The lowest BCUT2D eigenvalue weighted by atomic mass is 10.3. The van der Waals surface area contributed by atoms with Crippen molar-refractivity contribution in [2.45, 2.75) is 26.0 Å². The van der Waals surface area contributed by atoms with Crippen LogP contribution in [0.3, 0.4) is 0 Å². The Morgan fingerprint density at radius 2 is 2.29 bits per heavy atom. The van der Waals surface area contributed by atoms with Crippen molar-refractivity contribution in [3.8, 4) is 0 Å². The summed E-state index contributed by atoms with van der Waals surface area (Å²) in [6.07, 6.45) is -0.222.